The monoisotopic (exact) mass is 277 g/mol. The van der Waals surface area contributed by atoms with E-state index in [0.29, 0.717) is 10.0 Å². The summed E-state index contributed by atoms with van der Waals surface area (Å²) in [6.07, 6.45) is 0. The highest BCUT2D eigenvalue weighted by Crippen LogP contribution is 2.28. The molecule has 3 nitrogen and oxygen atoms in total. The third kappa shape index (κ3) is 2.81. The van der Waals surface area contributed by atoms with E-state index in [2.05, 4.69) is 41.5 Å². The molecule has 2 rings (SSSR count). The lowest BCUT2D eigenvalue weighted by Crippen LogP contribution is -2.06. The number of aromatic nitrogens is 1. The minimum atomic E-state index is 0.124. The molecular weight excluding hydrogens is 266 g/mol. The summed E-state index contributed by atoms with van der Waals surface area (Å²) in [5.74, 6) is 0. The van der Waals surface area contributed by atoms with Gasteiger partial charge in [0.2, 0.25) is 0 Å². The quantitative estimate of drug-likeness (QED) is 0.917. The summed E-state index contributed by atoms with van der Waals surface area (Å²) < 4.78 is 0. The van der Waals surface area contributed by atoms with Crippen molar-refractivity contribution in [1.82, 2.24) is 4.98 Å². The van der Waals surface area contributed by atoms with Gasteiger partial charge in [0.05, 0.1) is 6.04 Å². The van der Waals surface area contributed by atoms with Crippen molar-refractivity contribution < 1.29 is 0 Å². The van der Waals surface area contributed by atoms with Crippen LogP contribution in [0.4, 0.5) is 5.13 Å². The zero-order chi connectivity index (χ0) is 13.1. The fourth-order valence-electron chi connectivity index (χ4n) is 1.56. The summed E-state index contributed by atoms with van der Waals surface area (Å²) in [6.45, 7) is 4.10. The molecule has 1 aromatic carbocycles. The summed E-state index contributed by atoms with van der Waals surface area (Å²) in [6, 6.07) is 10.4. The molecule has 92 valence electrons. The fraction of sp³-hybridized carbons (Fsp3) is 0.231. The van der Waals surface area contributed by atoms with Crippen LogP contribution in [0.25, 0.3) is 0 Å². The molecular formula is C13H12ClN3S. The molecule has 0 radical (unpaired) electrons. The molecule has 0 fully saturated rings. The van der Waals surface area contributed by atoms with Crippen molar-refractivity contribution in [2.45, 2.75) is 19.9 Å². The lowest BCUT2D eigenvalue weighted by Gasteiger charge is -2.13. The van der Waals surface area contributed by atoms with Gasteiger partial charge in [0.25, 0.3) is 0 Å². The van der Waals surface area contributed by atoms with Crippen molar-refractivity contribution >= 4 is 28.1 Å². The molecule has 5 heteroatoms. The van der Waals surface area contributed by atoms with E-state index in [0.717, 1.165) is 0 Å². The Bertz CT molecular complexity index is 583. The Hall–Kier alpha value is -1.57. The first-order valence-electron chi connectivity index (χ1n) is 5.49. The SMILES string of the molecule is Cc1ccc(C(C)Nc2nc(Cl)c(C#N)s2)cc1. The van der Waals surface area contributed by atoms with E-state index in [1.54, 1.807) is 0 Å². The van der Waals surface area contributed by atoms with E-state index in [-0.39, 0.29) is 11.2 Å². The molecule has 1 atom stereocenters. The first-order valence-corrected chi connectivity index (χ1v) is 6.69. The number of nitrogens with zero attached hydrogens (tertiary/aromatic N) is 2. The highest BCUT2D eigenvalue weighted by atomic mass is 35.5. The zero-order valence-electron chi connectivity index (χ0n) is 10.1. The van der Waals surface area contributed by atoms with E-state index in [9.17, 15) is 0 Å². The van der Waals surface area contributed by atoms with E-state index < -0.39 is 0 Å². The molecule has 0 saturated heterocycles. The van der Waals surface area contributed by atoms with Crippen molar-refractivity contribution in [3.8, 4) is 6.07 Å². The molecule has 0 saturated carbocycles. The lowest BCUT2D eigenvalue weighted by molar-refractivity contribution is 0.881. The number of thiazole rings is 1. The number of halogens is 1. The van der Waals surface area contributed by atoms with E-state index in [1.165, 1.54) is 22.5 Å². The van der Waals surface area contributed by atoms with Crippen LogP contribution in [0.1, 0.15) is 29.0 Å². The van der Waals surface area contributed by atoms with Crippen molar-refractivity contribution in [3.63, 3.8) is 0 Å². The summed E-state index contributed by atoms with van der Waals surface area (Å²) in [5, 5.41) is 13.0. The molecule has 18 heavy (non-hydrogen) atoms. The van der Waals surface area contributed by atoms with Gasteiger partial charge in [-0.2, -0.15) is 5.26 Å². The minimum absolute atomic E-state index is 0.124. The number of anilines is 1. The topological polar surface area (TPSA) is 48.7 Å². The van der Waals surface area contributed by atoms with Crippen LogP contribution in [0.2, 0.25) is 5.15 Å². The summed E-state index contributed by atoms with van der Waals surface area (Å²) >= 11 is 7.10. The van der Waals surface area contributed by atoms with Gasteiger partial charge in [-0.05, 0) is 19.4 Å². The molecule has 0 spiro atoms. The Kier molecular flexibility index (Phi) is 3.85. The van der Waals surface area contributed by atoms with Gasteiger partial charge in [-0.15, -0.1) is 0 Å². The second kappa shape index (κ2) is 5.38. The van der Waals surface area contributed by atoms with Gasteiger partial charge < -0.3 is 5.32 Å². The van der Waals surface area contributed by atoms with Gasteiger partial charge in [0.15, 0.2) is 10.3 Å². The number of aryl methyl sites for hydroxylation is 1. The highest BCUT2D eigenvalue weighted by molar-refractivity contribution is 7.16. The Labute approximate surface area is 115 Å². The van der Waals surface area contributed by atoms with Gasteiger partial charge in [-0.1, -0.05) is 52.8 Å². The summed E-state index contributed by atoms with van der Waals surface area (Å²) in [5.41, 5.74) is 2.40. The molecule has 1 aromatic heterocycles. The minimum Gasteiger partial charge on any atom is -0.355 e. The summed E-state index contributed by atoms with van der Waals surface area (Å²) in [7, 11) is 0. The van der Waals surface area contributed by atoms with Gasteiger partial charge >= 0.3 is 0 Å². The normalized spacial score (nSPS) is 11.9. The summed E-state index contributed by atoms with van der Waals surface area (Å²) in [4.78, 5) is 4.55. The second-order valence-corrected chi connectivity index (χ2v) is 5.38. The Balaban J connectivity index is 2.13. The standard InChI is InChI=1S/C13H12ClN3S/c1-8-3-5-10(6-4-8)9(2)16-13-17-12(14)11(7-15)18-13/h3-6,9H,1-2H3,(H,16,17). The average Bonchev–Trinajstić information content (AvgIpc) is 2.70. The van der Waals surface area contributed by atoms with E-state index in [4.69, 9.17) is 16.9 Å². The maximum atomic E-state index is 8.82. The molecule has 0 aliphatic rings. The van der Waals surface area contributed by atoms with Crippen LogP contribution in [0.15, 0.2) is 24.3 Å². The Morgan fingerprint density at radius 3 is 2.61 bits per heavy atom. The third-order valence-electron chi connectivity index (χ3n) is 2.60. The maximum Gasteiger partial charge on any atom is 0.185 e. The largest absolute Gasteiger partial charge is 0.355 e. The van der Waals surface area contributed by atoms with E-state index >= 15 is 0 Å². The first-order chi connectivity index (χ1) is 8.60. The van der Waals surface area contributed by atoms with Gasteiger partial charge in [0, 0.05) is 0 Å². The molecule has 0 aliphatic heterocycles. The van der Waals surface area contributed by atoms with Crippen molar-refractivity contribution in [3.05, 3.63) is 45.4 Å². The van der Waals surface area contributed by atoms with Crippen LogP contribution in [-0.4, -0.2) is 4.98 Å². The molecule has 1 unspecified atom stereocenters. The molecule has 1 N–H and O–H groups in total. The third-order valence-corrected chi connectivity index (χ3v) is 3.88. The number of benzene rings is 1. The maximum absolute atomic E-state index is 8.82. The molecule has 2 aromatic rings. The number of nitrogens with one attached hydrogen (secondary N) is 1. The molecule has 1 heterocycles. The fourth-order valence-corrected chi connectivity index (χ4v) is 2.59. The van der Waals surface area contributed by atoms with Crippen LogP contribution < -0.4 is 5.32 Å². The van der Waals surface area contributed by atoms with Crippen LogP contribution in [0.3, 0.4) is 0 Å². The number of rotatable bonds is 3. The Morgan fingerprint density at radius 2 is 2.06 bits per heavy atom. The predicted octanol–water partition coefficient (Wildman–Crippen LogP) is 4.15. The number of nitriles is 1. The van der Waals surface area contributed by atoms with Crippen LogP contribution in [-0.2, 0) is 0 Å². The van der Waals surface area contributed by atoms with Gasteiger partial charge in [0.1, 0.15) is 10.9 Å². The lowest BCUT2D eigenvalue weighted by atomic mass is 10.1. The number of hydrogen-bond donors (Lipinski definition) is 1. The van der Waals surface area contributed by atoms with Gasteiger partial charge in [-0.25, -0.2) is 4.98 Å². The molecule has 0 aliphatic carbocycles. The van der Waals surface area contributed by atoms with Crippen LogP contribution in [0.5, 0.6) is 0 Å². The van der Waals surface area contributed by atoms with Crippen molar-refractivity contribution in [2.24, 2.45) is 0 Å². The molecule has 0 bridgehead atoms. The Morgan fingerprint density at radius 1 is 1.39 bits per heavy atom. The van der Waals surface area contributed by atoms with Crippen LogP contribution in [0, 0.1) is 18.3 Å². The van der Waals surface area contributed by atoms with Crippen molar-refractivity contribution in [2.75, 3.05) is 5.32 Å². The zero-order valence-corrected chi connectivity index (χ0v) is 11.6. The molecule has 0 amide bonds. The highest BCUT2D eigenvalue weighted by Gasteiger charge is 2.11. The van der Waals surface area contributed by atoms with E-state index in [1.807, 2.05) is 13.0 Å². The predicted molar refractivity (Wildman–Crippen MR) is 75.1 cm³/mol. The second-order valence-electron chi connectivity index (χ2n) is 4.03. The first kappa shape index (κ1) is 12.9. The van der Waals surface area contributed by atoms with Gasteiger partial charge in [-0.3, -0.25) is 0 Å². The van der Waals surface area contributed by atoms with Crippen molar-refractivity contribution in [1.29, 1.82) is 5.26 Å². The smallest absolute Gasteiger partial charge is 0.185 e. The number of hydrogen-bond acceptors (Lipinski definition) is 4. The van der Waals surface area contributed by atoms with Crippen LogP contribution >= 0.6 is 22.9 Å². The average molecular weight is 278 g/mol.